The highest BCUT2D eigenvalue weighted by molar-refractivity contribution is 5.81. The van der Waals surface area contributed by atoms with Gasteiger partial charge in [-0.15, -0.1) is 0 Å². The number of carbonyl (C=O) groups excluding carboxylic acids is 2. The zero-order valence-electron chi connectivity index (χ0n) is 16.8. The quantitative estimate of drug-likeness (QED) is 0.265. The van der Waals surface area contributed by atoms with E-state index in [4.69, 9.17) is 14.9 Å². The molecule has 1 heterocycles. The molecule has 0 saturated heterocycles. The molecule has 0 aliphatic carbocycles. The molecule has 0 saturated carbocycles. The summed E-state index contributed by atoms with van der Waals surface area (Å²) in [5, 5.41) is 3.09. The van der Waals surface area contributed by atoms with E-state index < -0.39 is 5.97 Å². The highest BCUT2D eigenvalue weighted by Crippen LogP contribution is 2.23. The molecule has 0 fully saturated rings. The number of benzene rings is 2. The van der Waals surface area contributed by atoms with Crippen LogP contribution in [0, 0.1) is 0 Å². The minimum atomic E-state index is -0.447. The first-order valence-corrected chi connectivity index (χ1v) is 9.24. The van der Waals surface area contributed by atoms with Crippen LogP contribution in [0.3, 0.4) is 0 Å². The second-order valence-electron chi connectivity index (χ2n) is 6.21. The highest BCUT2D eigenvalue weighted by Gasteiger charge is 2.06. The number of amides is 1. The van der Waals surface area contributed by atoms with Crippen LogP contribution >= 0.6 is 0 Å². The average molecular weight is 412 g/mol. The van der Waals surface area contributed by atoms with Crippen LogP contribution in [0.25, 0.3) is 11.0 Å². The zero-order valence-corrected chi connectivity index (χ0v) is 16.8. The molecule has 1 amide bonds. The van der Waals surface area contributed by atoms with Gasteiger partial charge in [0.05, 0.1) is 7.11 Å². The highest BCUT2D eigenvalue weighted by atomic mass is 16.5. The third kappa shape index (κ3) is 6.66. The number of ether oxygens (including phenoxy) is 2. The number of carbonyl (C=O) groups is 2. The fourth-order valence-corrected chi connectivity index (χ4v) is 2.57. The van der Waals surface area contributed by atoms with Crippen molar-refractivity contribution in [3.05, 3.63) is 70.1 Å². The molecule has 2 aromatic carbocycles. The summed E-state index contributed by atoms with van der Waals surface area (Å²) < 4.78 is 15.2. The Labute approximate surface area is 173 Å². The molecule has 0 radical (unpaired) electrons. The number of nitrogens with two attached hydrogens (primary N) is 1. The lowest BCUT2D eigenvalue weighted by molar-refractivity contribution is -0.140. The molecule has 0 unspecified atom stereocenters. The molecule has 3 rings (SSSR count). The number of aryl methyl sites for hydroxylation is 1. The van der Waals surface area contributed by atoms with Crippen molar-refractivity contribution in [1.29, 1.82) is 0 Å². The summed E-state index contributed by atoms with van der Waals surface area (Å²) >= 11 is 0. The first kappa shape index (κ1) is 22.5. The molecule has 0 bridgehead atoms. The SMILES string of the molecule is CCc1cc(=O)oc2cc(OCc3ccc(N)cc3)ccc12.COC(=O)CNC=O. The summed E-state index contributed by atoms with van der Waals surface area (Å²) in [4.78, 5) is 31.2. The van der Waals surface area contributed by atoms with Gasteiger partial charge in [-0.25, -0.2) is 4.79 Å². The number of anilines is 1. The van der Waals surface area contributed by atoms with Crippen molar-refractivity contribution in [2.75, 3.05) is 19.4 Å². The van der Waals surface area contributed by atoms with Crippen LogP contribution in [-0.4, -0.2) is 26.0 Å². The maximum Gasteiger partial charge on any atom is 0.336 e. The van der Waals surface area contributed by atoms with E-state index in [0.717, 1.165) is 28.6 Å². The minimum Gasteiger partial charge on any atom is -0.489 e. The molecule has 158 valence electrons. The van der Waals surface area contributed by atoms with Crippen LogP contribution in [0.5, 0.6) is 5.75 Å². The zero-order chi connectivity index (χ0) is 21.9. The Bertz CT molecular complexity index is 1040. The topological polar surface area (TPSA) is 121 Å². The normalized spacial score (nSPS) is 9.93. The number of nitrogen functional groups attached to an aromatic ring is 1. The molecule has 0 aliphatic heterocycles. The first-order valence-electron chi connectivity index (χ1n) is 9.24. The number of hydrogen-bond acceptors (Lipinski definition) is 7. The van der Waals surface area contributed by atoms with Gasteiger partial charge in [-0.3, -0.25) is 9.59 Å². The molecule has 0 aliphatic rings. The van der Waals surface area contributed by atoms with E-state index in [1.807, 2.05) is 43.3 Å². The standard InChI is InChI=1S/C18H17NO3.C4H7NO3/c1-2-13-9-18(20)22-17-10-15(7-8-16(13)17)21-11-12-3-5-14(19)6-4-12;1-8-4(7)2-5-3-6/h3-10H,2,11,19H2,1H3;3H,2H2,1H3,(H,5,6). The molecule has 3 aromatic rings. The Kier molecular flexibility index (Phi) is 8.43. The fourth-order valence-electron chi connectivity index (χ4n) is 2.57. The Balaban J connectivity index is 0.000000343. The maximum atomic E-state index is 11.6. The molecule has 8 heteroatoms. The molecular weight excluding hydrogens is 388 g/mol. The Morgan fingerprint density at radius 2 is 1.90 bits per heavy atom. The lowest BCUT2D eigenvalue weighted by atomic mass is 10.1. The molecule has 30 heavy (non-hydrogen) atoms. The van der Waals surface area contributed by atoms with Crippen LogP contribution < -0.4 is 21.4 Å². The monoisotopic (exact) mass is 412 g/mol. The second-order valence-corrected chi connectivity index (χ2v) is 6.21. The smallest absolute Gasteiger partial charge is 0.336 e. The van der Waals surface area contributed by atoms with Gasteiger partial charge < -0.3 is 24.9 Å². The summed E-state index contributed by atoms with van der Waals surface area (Å²) in [6.07, 6.45) is 1.23. The van der Waals surface area contributed by atoms with Gasteiger partial charge in [-0.1, -0.05) is 19.1 Å². The van der Waals surface area contributed by atoms with Crippen LogP contribution in [0.1, 0.15) is 18.1 Å². The predicted molar refractivity (Wildman–Crippen MR) is 113 cm³/mol. The van der Waals surface area contributed by atoms with Crippen molar-refractivity contribution in [3.8, 4) is 5.75 Å². The van der Waals surface area contributed by atoms with Gasteiger partial charge in [0, 0.05) is 23.2 Å². The Hall–Kier alpha value is -3.81. The lowest BCUT2D eigenvalue weighted by Gasteiger charge is -2.08. The van der Waals surface area contributed by atoms with Crippen LogP contribution in [0.15, 0.2) is 57.7 Å². The van der Waals surface area contributed by atoms with Crippen LogP contribution in [-0.2, 0) is 27.4 Å². The van der Waals surface area contributed by atoms with E-state index in [2.05, 4.69) is 10.1 Å². The Morgan fingerprint density at radius 1 is 1.17 bits per heavy atom. The van der Waals surface area contributed by atoms with Gasteiger partial charge in [-0.2, -0.15) is 0 Å². The molecule has 8 nitrogen and oxygen atoms in total. The molecule has 0 atom stereocenters. The first-order chi connectivity index (χ1) is 14.5. The Morgan fingerprint density at radius 3 is 2.53 bits per heavy atom. The summed E-state index contributed by atoms with van der Waals surface area (Å²) in [6.45, 7) is 2.39. The van der Waals surface area contributed by atoms with E-state index in [0.29, 0.717) is 24.3 Å². The van der Waals surface area contributed by atoms with Crippen molar-refractivity contribution in [1.82, 2.24) is 5.32 Å². The number of esters is 1. The number of fused-ring (bicyclic) bond motifs is 1. The summed E-state index contributed by atoms with van der Waals surface area (Å²) in [5.74, 6) is 0.220. The van der Waals surface area contributed by atoms with E-state index >= 15 is 0 Å². The maximum absolute atomic E-state index is 11.6. The second kappa shape index (κ2) is 11.3. The van der Waals surface area contributed by atoms with Gasteiger partial charge in [0.1, 0.15) is 24.5 Å². The van der Waals surface area contributed by atoms with Gasteiger partial charge in [0.25, 0.3) is 0 Å². The number of rotatable bonds is 7. The summed E-state index contributed by atoms with van der Waals surface area (Å²) in [6, 6.07) is 14.6. The van der Waals surface area contributed by atoms with E-state index in [1.54, 1.807) is 6.07 Å². The fraction of sp³-hybridized carbons (Fsp3) is 0.227. The van der Waals surface area contributed by atoms with Crippen molar-refractivity contribution < 1.29 is 23.5 Å². The third-order valence-electron chi connectivity index (χ3n) is 4.13. The predicted octanol–water partition coefficient (Wildman–Crippen LogP) is 2.42. The van der Waals surface area contributed by atoms with E-state index in [9.17, 15) is 14.4 Å². The summed E-state index contributed by atoms with van der Waals surface area (Å²) in [7, 11) is 1.26. The largest absolute Gasteiger partial charge is 0.489 e. The summed E-state index contributed by atoms with van der Waals surface area (Å²) in [5.41, 5.74) is 8.61. The third-order valence-corrected chi connectivity index (χ3v) is 4.13. The van der Waals surface area contributed by atoms with E-state index in [1.165, 1.54) is 13.2 Å². The van der Waals surface area contributed by atoms with Gasteiger partial charge >= 0.3 is 11.6 Å². The molecule has 0 spiro atoms. The van der Waals surface area contributed by atoms with Crippen LogP contribution in [0.4, 0.5) is 5.69 Å². The van der Waals surface area contributed by atoms with E-state index in [-0.39, 0.29) is 12.2 Å². The number of hydrogen-bond donors (Lipinski definition) is 2. The van der Waals surface area contributed by atoms with Gasteiger partial charge in [-0.05, 0) is 41.8 Å². The lowest BCUT2D eigenvalue weighted by Crippen LogP contribution is -2.21. The number of methoxy groups -OCH3 is 1. The van der Waals surface area contributed by atoms with Gasteiger partial charge in [0.2, 0.25) is 6.41 Å². The molecule has 3 N–H and O–H groups in total. The van der Waals surface area contributed by atoms with Crippen molar-refractivity contribution in [2.24, 2.45) is 0 Å². The van der Waals surface area contributed by atoms with Crippen molar-refractivity contribution in [3.63, 3.8) is 0 Å². The van der Waals surface area contributed by atoms with Crippen molar-refractivity contribution in [2.45, 2.75) is 20.0 Å². The number of nitrogens with one attached hydrogen (secondary N) is 1. The molecular formula is C22H24N2O6. The molecule has 1 aromatic heterocycles. The minimum absolute atomic E-state index is 0.0556. The van der Waals surface area contributed by atoms with Gasteiger partial charge in [0.15, 0.2) is 0 Å². The van der Waals surface area contributed by atoms with Crippen molar-refractivity contribution >= 4 is 29.0 Å². The average Bonchev–Trinajstić information content (AvgIpc) is 2.76. The van der Waals surface area contributed by atoms with Crippen LogP contribution in [0.2, 0.25) is 0 Å².